The monoisotopic (exact) mass is 466 g/mol. The first-order chi connectivity index (χ1) is 15.1. The number of nitrogens with zero attached hydrogens (tertiary/aromatic N) is 1. The van der Waals surface area contributed by atoms with Crippen LogP contribution in [0.5, 0.6) is 11.5 Å². The standard InChI is InChI=1S/C23H28Cl2N2O4/c1-29-19-7-4-17(5-8-19)21(27-10-13-30-14-11-27)16-26-23(28)3-2-12-31-22-9-6-18(24)15-20(22)25/h4-9,15,21H,2-3,10-14,16H2,1H3,(H,26,28). The summed E-state index contributed by atoms with van der Waals surface area (Å²) < 4.78 is 16.4. The fourth-order valence-corrected chi connectivity index (χ4v) is 3.94. The molecule has 0 aromatic heterocycles. The summed E-state index contributed by atoms with van der Waals surface area (Å²) in [7, 11) is 1.65. The Kier molecular flexibility index (Phi) is 9.28. The van der Waals surface area contributed by atoms with Crippen molar-refractivity contribution in [2.75, 3.05) is 46.6 Å². The summed E-state index contributed by atoms with van der Waals surface area (Å²) in [6.07, 6.45) is 0.971. The largest absolute Gasteiger partial charge is 0.497 e. The molecule has 6 nitrogen and oxygen atoms in total. The molecular weight excluding hydrogens is 439 g/mol. The fraction of sp³-hybridized carbons (Fsp3) is 0.435. The van der Waals surface area contributed by atoms with Gasteiger partial charge in [-0.25, -0.2) is 0 Å². The highest BCUT2D eigenvalue weighted by Crippen LogP contribution is 2.27. The number of hydrogen-bond donors (Lipinski definition) is 1. The van der Waals surface area contributed by atoms with E-state index >= 15 is 0 Å². The van der Waals surface area contributed by atoms with Crippen molar-refractivity contribution in [3.8, 4) is 11.5 Å². The molecule has 0 bridgehead atoms. The van der Waals surface area contributed by atoms with Crippen molar-refractivity contribution < 1.29 is 19.0 Å². The summed E-state index contributed by atoms with van der Waals surface area (Å²) in [5.74, 6) is 1.38. The second-order valence-electron chi connectivity index (χ2n) is 7.27. The van der Waals surface area contributed by atoms with Gasteiger partial charge in [-0.1, -0.05) is 35.3 Å². The molecule has 1 aliphatic rings. The molecule has 1 unspecified atom stereocenters. The second-order valence-corrected chi connectivity index (χ2v) is 8.11. The van der Waals surface area contributed by atoms with E-state index in [0.29, 0.717) is 55.0 Å². The molecule has 1 aliphatic heterocycles. The number of carbonyl (C=O) groups excluding carboxylic acids is 1. The summed E-state index contributed by atoms with van der Waals surface area (Å²) in [5.41, 5.74) is 1.14. The number of carbonyl (C=O) groups is 1. The Morgan fingerprint density at radius 3 is 2.58 bits per heavy atom. The van der Waals surface area contributed by atoms with E-state index in [0.717, 1.165) is 24.4 Å². The Morgan fingerprint density at radius 2 is 1.90 bits per heavy atom. The molecule has 2 aromatic carbocycles. The lowest BCUT2D eigenvalue weighted by molar-refractivity contribution is -0.121. The number of rotatable bonds is 10. The highest BCUT2D eigenvalue weighted by atomic mass is 35.5. The summed E-state index contributed by atoms with van der Waals surface area (Å²) in [6.45, 7) is 4.01. The number of nitrogens with one attached hydrogen (secondary N) is 1. The first-order valence-corrected chi connectivity index (χ1v) is 11.1. The summed E-state index contributed by atoms with van der Waals surface area (Å²) >= 11 is 12.0. The highest BCUT2D eigenvalue weighted by Gasteiger charge is 2.23. The van der Waals surface area contributed by atoms with Crippen molar-refractivity contribution in [1.29, 1.82) is 0 Å². The van der Waals surface area contributed by atoms with E-state index in [4.69, 9.17) is 37.4 Å². The molecule has 168 valence electrons. The maximum absolute atomic E-state index is 12.4. The lowest BCUT2D eigenvalue weighted by Crippen LogP contribution is -2.43. The van der Waals surface area contributed by atoms with Gasteiger partial charge in [-0.2, -0.15) is 0 Å². The van der Waals surface area contributed by atoms with Crippen LogP contribution in [0.3, 0.4) is 0 Å². The Bertz CT molecular complexity index is 842. The minimum atomic E-state index is -0.00225. The SMILES string of the molecule is COc1ccc(C(CNC(=O)CCCOc2ccc(Cl)cc2Cl)N2CCOCC2)cc1. The number of ether oxygens (including phenoxy) is 3. The molecular formula is C23H28Cl2N2O4. The topological polar surface area (TPSA) is 60.0 Å². The lowest BCUT2D eigenvalue weighted by atomic mass is 10.0. The predicted molar refractivity (Wildman–Crippen MR) is 122 cm³/mol. The first-order valence-electron chi connectivity index (χ1n) is 10.4. The van der Waals surface area contributed by atoms with E-state index in [1.54, 1.807) is 25.3 Å². The highest BCUT2D eigenvalue weighted by molar-refractivity contribution is 6.35. The number of morpholine rings is 1. The van der Waals surface area contributed by atoms with E-state index < -0.39 is 0 Å². The number of methoxy groups -OCH3 is 1. The van der Waals surface area contributed by atoms with Crippen LogP contribution in [0.4, 0.5) is 0 Å². The normalized spacial score (nSPS) is 15.3. The molecule has 3 rings (SSSR count). The van der Waals surface area contributed by atoms with Gasteiger partial charge in [-0.15, -0.1) is 0 Å². The molecule has 1 saturated heterocycles. The Labute approximate surface area is 193 Å². The van der Waals surface area contributed by atoms with Gasteiger partial charge in [0.1, 0.15) is 11.5 Å². The molecule has 1 atom stereocenters. The Hall–Kier alpha value is -1.99. The molecule has 1 amide bonds. The molecule has 1 N–H and O–H groups in total. The van der Waals surface area contributed by atoms with Crippen LogP contribution in [-0.4, -0.2) is 57.4 Å². The van der Waals surface area contributed by atoms with Gasteiger partial charge >= 0.3 is 0 Å². The van der Waals surface area contributed by atoms with Gasteiger partial charge in [0.15, 0.2) is 0 Å². The van der Waals surface area contributed by atoms with Gasteiger partial charge in [0.05, 0.1) is 38.0 Å². The van der Waals surface area contributed by atoms with E-state index in [2.05, 4.69) is 22.3 Å². The molecule has 0 saturated carbocycles. The van der Waals surface area contributed by atoms with Crippen LogP contribution in [0.15, 0.2) is 42.5 Å². The Morgan fingerprint density at radius 1 is 1.16 bits per heavy atom. The van der Waals surface area contributed by atoms with Crippen LogP contribution in [0.1, 0.15) is 24.4 Å². The maximum atomic E-state index is 12.4. The zero-order valence-corrected chi connectivity index (χ0v) is 19.1. The van der Waals surface area contributed by atoms with Crippen LogP contribution in [0.25, 0.3) is 0 Å². The Balaban J connectivity index is 1.48. The molecule has 1 fully saturated rings. The summed E-state index contributed by atoms with van der Waals surface area (Å²) in [5, 5.41) is 4.09. The van der Waals surface area contributed by atoms with Gasteiger partial charge in [0, 0.05) is 31.1 Å². The van der Waals surface area contributed by atoms with E-state index in [-0.39, 0.29) is 11.9 Å². The minimum absolute atomic E-state index is 0.00225. The molecule has 0 radical (unpaired) electrons. The van der Waals surface area contributed by atoms with E-state index in [9.17, 15) is 4.79 Å². The van der Waals surface area contributed by atoms with Crippen LogP contribution in [-0.2, 0) is 9.53 Å². The zero-order chi connectivity index (χ0) is 22.1. The number of benzene rings is 2. The average Bonchev–Trinajstić information content (AvgIpc) is 2.79. The summed E-state index contributed by atoms with van der Waals surface area (Å²) in [4.78, 5) is 14.8. The second kappa shape index (κ2) is 12.2. The maximum Gasteiger partial charge on any atom is 0.220 e. The van der Waals surface area contributed by atoms with Gasteiger partial charge < -0.3 is 19.5 Å². The number of halogens is 2. The van der Waals surface area contributed by atoms with Crippen molar-refractivity contribution in [2.45, 2.75) is 18.9 Å². The first kappa shape index (κ1) is 23.7. The van der Waals surface area contributed by atoms with Crippen molar-refractivity contribution in [3.63, 3.8) is 0 Å². The number of amides is 1. The quantitative estimate of drug-likeness (QED) is 0.527. The van der Waals surface area contributed by atoms with Gasteiger partial charge in [-0.3, -0.25) is 9.69 Å². The minimum Gasteiger partial charge on any atom is -0.497 e. The molecule has 0 aliphatic carbocycles. The van der Waals surface area contributed by atoms with Crippen LogP contribution < -0.4 is 14.8 Å². The van der Waals surface area contributed by atoms with Crippen LogP contribution in [0.2, 0.25) is 10.0 Å². The van der Waals surface area contributed by atoms with Crippen LogP contribution in [0, 0.1) is 0 Å². The lowest BCUT2D eigenvalue weighted by Gasteiger charge is -2.35. The molecule has 0 spiro atoms. The fourth-order valence-electron chi connectivity index (χ4n) is 3.48. The van der Waals surface area contributed by atoms with Crippen molar-refractivity contribution >= 4 is 29.1 Å². The van der Waals surface area contributed by atoms with Crippen molar-refractivity contribution in [2.24, 2.45) is 0 Å². The zero-order valence-electron chi connectivity index (χ0n) is 17.6. The third-order valence-electron chi connectivity index (χ3n) is 5.18. The van der Waals surface area contributed by atoms with Gasteiger partial charge in [0.2, 0.25) is 5.91 Å². The molecule has 31 heavy (non-hydrogen) atoms. The van der Waals surface area contributed by atoms with E-state index in [1.807, 2.05) is 12.1 Å². The third kappa shape index (κ3) is 7.28. The average molecular weight is 467 g/mol. The third-order valence-corrected chi connectivity index (χ3v) is 5.71. The van der Waals surface area contributed by atoms with Gasteiger partial charge in [0.25, 0.3) is 0 Å². The van der Waals surface area contributed by atoms with Gasteiger partial charge in [-0.05, 0) is 42.3 Å². The van der Waals surface area contributed by atoms with Crippen molar-refractivity contribution in [3.05, 3.63) is 58.1 Å². The van der Waals surface area contributed by atoms with E-state index in [1.165, 1.54) is 0 Å². The molecule has 2 aromatic rings. The summed E-state index contributed by atoms with van der Waals surface area (Å²) in [6, 6.07) is 13.2. The molecule has 1 heterocycles. The smallest absolute Gasteiger partial charge is 0.220 e. The van der Waals surface area contributed by atoms with Crippen LogP contribution >= 0.6 is 23.2 Å². The number of hydrogen-bond acceptors (Lipinski definition) is 5. The van der Waals surface area contributed by atoms with Crippen molar-refractivity contribution in [1.82, 2.24) is 10.2 Å². The predicted octanol–water partition coefficient (Wildman–Crippen LogP) is 4.35. The molecule has 8 heteroatoms.